The minimum absolute atomic E-state index is 0.122. The lowest BCUT2D eigenvalue weighted by Gasteiger charge is -2.36. The van der Waals surface area contributed by atoms with Crippen molar-refractivity contribution in [2.45, 2.75) is 43.4 Å². The fourth-order valence-corrected chi connectivity index (χ4v) is 6.91. The highest BCUT2D eigenvalue weighted by molar-refractivity contribution is 7.91. The summed E-state index contributed by atoms with van der Waals surface area (Å²) in [4.78, 5) is 0. The third-order valence-electron chi connectivity index (χ3n) is 4.89. The number of hydrogen-bond donors (Lipinski definition) is 1. The second-order valence-electron chi connectivity index (χ2n) is 6.36. The molecule has 1 N–H and O–H groups in total. The Morgan fingerprint density at radius 1 is 1.15 bits per heavy atom. The molecule has 0 spiro atoms. The van der Waals surface area contributed by atoms with Crippen LogP contribution in [-0.4, -0.2) is 52.9 Å². The molecular formula is C13H25NO4S2. The van der Waals surface area contributed by atoms with E-state index in [1.54, 1.807) is 0 Å². The Balaban J connectivity index is 2.08. The molecule has 4 unspecified atom stereocenters. The Bertz CT molecular complexity index is 541. The van der Waals surface area contributed by atoms with Gasteiger partial charge in [-0.25, -0.2) is 16.8 Å². The molecular weight excluding hydrogens is 298 g/mol. The maximum atomic E-state index is 11.8. The maximum Gasteiger partial charge on any atom is 0.150 e. The van der Waals surface area contributed by atoms with Gasteiger partial charge in [0.05, 0.1) is 16.8 Å². The van der Waals surface area contributed by atoms with E-state index < -0.39 is 19.7 Å². The first kappa shape index (κ1) is 16.2. The van der Waals surface area contributed by atoms with Crippen LogP contribution in [-0.2, 0) is 19.7 Å². The van der Waals surface area contributed by atoms with Crippen LogP contribution in [0.15, 0.2) is 0 Å². The fraction of sp³-hybridized carbons (Fsp3) is 1.00. The molecule has 1 heterocycles. The zero-order valence-corrected chi connectivity index (χ0v) is 13.8. The molecule has 0 radical (unpaired) electrons. The number of hydrogen-bond acceptors (Lipinski definition) is 5. The van der Waals surface area contributed by atoms with E-state index in [0.29, 0.717) is 12.8 Å². The van der Waals surface area contributed by atoms with Crippen LogP contribution < -0.4 is 5.32 Å². The number of sulfone groups is 2. The summed E-state index contributed by atoms with van der Waals surface area (Å²) in [6.45, 7) is 0. The molecule has 7 heteroatoms. The van der Waals surface area contributed by atoms with Gasteiger partial charge in [0.25, 0.3) is 0 Å². The SMILES string of the molecule is CNC(C1CCCC(S(C)(=O)=O)C1)C1CCS(=O)(=O)C1. The Labute approximate surface area is 122 Å². The summed E-state index contributed by atoms with van der Waals surface area (Å²) in [5, 5.41) is 3.01. The van der Waals surface area contributed by atoms with Gasteiger partial charge in [-0.1, -0.05) is 6.42 Å². The highest BCUT2D eigenvalue weighted by Gasteiger charge is 2.39. The molecule has 0 aromatic carbocycles. The van der Waals surface area contributed by atoms with Crippen molar-refractivity contribution in [3.05, 3.63) is 0 Å². The van der Waals surface area contributed by atoms with Gasteiger partial charge in [0.1, 0.15) is 9.84 Å². The van der Waals surface area contributed by atoms with Gasteiger partial charge in [-0.05, 0) is 44.6 Å². The summed E-state index contributed by atoms with van der Waals surface area (Å²) in [5.74, 6) is 0.927. The van der Waals surface area contributed by atoms with Gasteiger partial charge in [0.2, 0.25) is 0 Å². The van der Waals surface area contributed by atoms with E-state index in [1.807, 2.05) is 7.05 Å². The lowest BCUT2D eigenvalue weighted by Crippen LogP contribution is -2.44. The standard InChI is InChI=1S/C13H25NO4S2/c1-14-13(11-6-7-20(17,18)9-11)10-4-3-5-12(8-10)19(2,15)16/h10-14H,3-9H2,1-2H3. The highest BCUT2D eigenvalue weighted by atomic mass is 32.2. The molecule has 1 saturated heterocycles. The summed E-state index contributed by atoms with van der Waals surface area (Å²) in [7, 11) is -4.02. The predicted octanol–water partition coefficient (Wildman–Crippen LogP) is 0.613. The second-order valence-corrected chi connectivity index (χ2v) is 10.9. The van der Waals surface area contributed by atoms with Gasteiger partial charge in [-0.15, -0.1) is 0 Å². The minimum atomic E-state index is -2.99. The quantitative estimate of drug-likeness (QED) is 0.820. The molecule has 5 nitrogen and oxygen atoms in total. The van der Waals surface area contributed by atoms with E-state index in [0.717, 1.165) is 19.3 Å². The summed E-state index contributed by atoms with van der Waals surface area (Å²) < 4.78 is 46.8. The normalized spacial score (nSPS) is 35.8. The summed E-state index contributed by atoms with van der Waals surface area (Å²) in [6.07, 6.45) is 5.34. The Morgan fingerprint density at radius 2 is 1.85 bits per heavy atom. The van der Waals surface area contributed by atoms with Crippen molar-refractivity contribution in [3.8, 4) is 0 Å². The summed E-state index contributed by atoms with van der Waals surface area (Å²) >= 11 is 0. The lowest BCUT2D eigenvalue weighted by atomic mass is 9.78. The van der Waals surface area contributed by atoms with E-state index in [-0.39, 0.29) is 34.6 Å². The molecule has 0 aromatic rings. The van der Waals surface area contributed by atoms with Crippen LogP contribution >= 0.6 is 0 Å². The zero-order valence-electron chi connectivity index (χ0n) is 12.2. The maximum absolute atomic E-state index is 11.8. The van der Waals surface area contributed by atoms with E-state index in [1.165, 1.54) is 6.26 Å². The van der Waals surface area contributed by atoms with Crippen LogP contribution in [0.25, 0.3) is 0 Å². The molecule has 0 bridgehead atoms. The van der Waals surface area contributed by atoms with Crippen LogP contribution in [0, 0.1) is 11.8 Å². The molecule has 2 fully saturated rings. The lowest BCUT2D eigenvalue weighted by molar-refractivity contribution is 0.227. The van der Waals surface area contributed by atoms with Gasteiger partial charge in [-0.3, -0.25) is 0 Å². The molecule has 4 atom stereocenters. The molecule has 0 amide bonds. The molecule has 1 aliphatic carbocycles. The smallest absolute Gasteiger partial charge is 0.150 e. The highest BCUT2D eigenvalue weighted by Crippen LogP contribution is 2.35. The Kier molecular flexibility index (Phi) is 4.81. The summed E-state index contributed by atoms with van der Waals surface area (Å²) in [5.41, 5.74) is 0. The first-order valence-electron chi connectivity index (χ1n) is 7.29. The molecule has 118 valence electrons. The third kappa shape index (κ3) is 3.74. The van der Waals surface area contributed by atoms with Crippen LogP contribution in [0.1, 0.15) is 32.1 Å². The van der Waals surface area contributed by atoms with E-state index >= 15 is 0 Å². The first-order valence-corrected chi connectivity index (χ1v) is 11.1. The van der Waals surface area contributed by atoms with Crippen LogP contribution in [0.3, 0.4) is 0 Å². The largest absolute Gasteiger partial charge is 0.316 e. The molecule has 2 aliphatic rings. The minimum Gasteiger partial charge on any atom is -0.316 e. The van der Waals surface area contributed by atoms with E-state index in [2.05, 4.69) is 5.32 Å². The van der Waals surface area contributed by atoms with Crippen molar-refractivity contribution < 1.29 is 16.8 Å². The van der Waals surface area contributed by atoms with E-state index in [9.17, 15) is 16.8 Å². The Morgan fingerprint density at radius 3 is 2.35 bits per heavy atom. The van der Waals surface area contributed by atoms with Crippen molar-refractivity contribution >= 4 is 19.7 Å². The molecule has 2 rings (SSSR count). The Hall–Kier alpha value is -0.140. The zero-order chi connectivity index (χ0) is 15.0. The monoisotopic (exact) mass is 323 g/mol. The average molecular weight is 323 g/mol. The van der Waals surface area contributed by atoms with Gasteiger partial charge in [-0.2, -0.15) is 0 Å². The average Bonchev–Trinajstić information content (AvgIpc) is 2.70. The van der Waals surface area contributed by atoms with Crippen LogP contribution in [0.2, 0.25) is 0 Å². The summed E-state index contributed by atoms with van der Waals surface area (Å²) in [6, 6.07) is 0.122. The molecule has 20 heavy (non-hydrogen) atoms. The van der Waals surface area contributed by atoms with E-state index in [4.69, 9.17) is 0 Å². The number of rotatable bonds is 4. The van der Waals surface area contributed by atoms with Crippen molar-refractivity contribution in [1.29, 1.82) is 0 Å². The predicted molar refractivity (Wildman–Crippen MR) is 80.2 cm³/mol. The van der Waals surface area contributed by atoms with Gasteiger partial charge >= 0.3 is 0 Å². The van der Waals surface area contributed by atoms with Crippen LogP contribution in [0.4, 0.5) is 0 Å². The first-order chi connectivity index (χ1) is 9.23. The fourth-order valence-electron chi connectivity index (χ4n) is 3.86. The molecule has 1 aliphatic heterocycles. The second kappa shape index (κ2) is 5.93. The third-order valence-corrected chi connectivity index (χ3v) is 8.32. The van der Waals surface area contributed by atoms with Crippen molar-refractivity contribution in [2.75, 3.05) is 24.8 Å². The van der Waals surface area contributed by atoms with Gasteiger partial charge in [0, 0.05) is 12.3 Å². The molecule has 0 aromatic heterocycles. The van der Waals surface area contributed by atoms with Gasteiger partial charge < -0.3 is 5.32 Å². The van der Waals surface area contributed by atoms with Crippen molar-refractivity contribution in [2.24, 2.45) is 11.8 Å². The topological polar surface area (TPSA) is 80.3 Å². The van der Waals surface area contributed by atoms with Crippen LogP contribution in [0.5, 0.6) is 0 Å². The van der Waals surface area contributed by atoms with Crippen molar-refractivity contribution in [3.63, 3.8) is 0 Å². The number of nitrogens with one attached hydrogen (secondary N) is 1. The van der Waals surface area contributed by atoms with Crippen molar-refractivity contribution in [1.82, 2.24) is 5.32 Å². The molecule has 1 saturated carbocycles. The van der Waals surface area contributed by atoms with Gasteiger partial charge in [0.15, 0.2) is 9.84 Å².